The van der Waals surface area contributed by atoms with Crippen molar-refractivity contribution in [1.29, 1.82) is 0 Å². The fraction of sp³-hybridized carbons (Fsp3) is 0.250. The van der Waals surface area contributed by atoms with Crippen LogP contribution in [0.1, 0.15) is 17.0 Å². The zero-order valence-electron chi connectivity index (χ0n) is 10.5. The van der Waals surface area contributed by atoms with Crippen LogP contribution < -0.4 is 5.73 Å². The first kappa shape index (κ1) is 15.2. The number of nitrogens with zero attached hydrogens (tertiary/aromatic N) is 2. The van der Waals surface area contributed by atoms with Crippen LogP contribution in [-0.2, 0) is 12.4 Å². The minimum atomic E-state index is -4.64. The van der Waals surface area contributed by atoms with Gasteiger partial charge in [-0.15, -0.1) is 0 Å². The van der Waals surface area contributed by atoms with E-state index in [1.807, 2.05) is 0 Å². The van der Waals surface area contributed by atoms with Crippen LogP contribution in [0.4, 0.5) is 32.0 Å². The van der Waals surface area contributed by atoms with Crippen molar-refractivity contribution in [2.75, 3.05) is 5.73 Å². The van der Waals surface area contributed by atoms with Gasteiger partial charge in [0.05, 0.1) is 16.9 Å². The van der Waals surface area contributed by atoms with Gasteiger partial charge in [0.15, 0.2) is 5.69 Å². The molecule has 0 saturated heterocycles. The van der Waals surface area contributed by atoms with E-state index in [1.165, 1.54) is 6.92 Å². The average Bonchev–Trinajstić information content (AvgIpc) is 2.70. The third kappa shape index (κ3) is 2.96. The SMILES string of the molecule is Cc1cc(C(F)(F)F)nn1-c1ccc(C(F)(F)F)cc1N. The number of anilines is 1. The molecule has 0 aliphatic rings. The van der Waals surface area contributed by atoms with Gasteiger partial charge in [-0.2, -0.15) is 31.4 Å². The summed E-state index contributed by atoms with van der Waals surface area (Å²) in [5, 5.41) is 3.33. The highest BCUT2D eigenvalue weighted by Gasteiger charge is 2.35. The van der Waals surface area contributed by atoms with E-state index < -0.39 is 23.6 Å². The van der Waals surface area contributed by atoms with Gasteiger partial charge in [-0.1, -0.05) is 0 Å². The topological polar surface area (TPSA) is 43.8 Å². The second kappa shape index (κ2) is 4.68. The van der Waals surface area contributed by atoms with Crippen molar-refractivity contribution in [3.63, 3.8) is 0 Å². The molecule has 0 saturated carbocycles. The molecule has 114 valence electrons. The maximum absolute atomic E-state index is 12.6. The fourth-order valence-electron chi connectivity index (χ4n) is 1.78. The summed E-state index contributed by atoms with van der Waals surface area (Å²) >= 11 is 0. The van der Waals surface area contributed by atoms with Crippen molar-refractivity contribution in [3.8, 4) is 5.69 Å². The van der Waals surface area contributed by atoms with Crippen LogP contribution in [0.2, 0.25) is 0 Å². The van der Waals surface area contributed by atoms with E-state index in [0.29, 0.717) is 6.07 Å². The molecule has 0 atom stereocenters. The van der Waals surface area contributed by atoms with Crippen LogP contribution in [0, 0.1) is 6.92 Å². The summed E-state index contributed by atoms with van der Waals surface area (Å²) in [6.07, 6.45) is -9.22. The molecule has 2 N–H and O–H groups in total. The molecule has 3 nitrogen and oxygen atoms in total. The molecule has 1 heterocycles. The van der Waals surface area contributed by atoms with Gasteiger partial charge in [0, 0.05) is 5.69 Å². The van der Waals surface area contributed by atoms with Crippen LogP contribution >= 0.6 is 0 Å². The van der Waals surface area contributed by atoms with E-state index in [2.05, 4.69) is 5.10 Å². The van der Waals surface area contributed by atoms with Crippen molar-refractivity contribution in [2.45, 2.75) is 19.3 Å². The number of benzene rings is 1. The Morgan fingerprint density at radius 1 is 1.00 bits per heavy atom. The Morgan fingerprint density at radius 3 is 2.05 bits per heavy atom. The smallest absolute Gasteiger partial charge is 0.397 e. The highest BCUT2D eigenvalue weighted by atomic mass is 19.4. The minimum Gasteiger partial charge on any atom is -0.397 e. The number of halogens is 6. The number of hydrogen-bond acceptors (Lipinski definition) is 2. The maximum atomic E-state index is 12.6. The Kier molecular flexibility index (Phi) is 3.38. The van der Waals surface area contributed by atoms with Crippen molar-refractivity contribution in [1.82, 2.24) is 9.78 Å². The Hall–Kier alpha value is -2.19. The first-order chi connectivity index (χ1) is 9.50. The second-order valence-electron chi connectivity index (χ2n) is 4.35. The summed E-state index contributed by atoms with van der Waals surface area (Å²) < 4.78 is 76.1. The van der Waals surface area contributed by atoms with E-state index in [4.69, 9.17) is 5.73 Å². The van der Waals surface area contributed by atoms with Crippen LogP contribution in [0.15, 0.2) is 24.3 Å². The Morgan fingerprint density at radius 2 is 1.62 bits per heavy atom. The molecule has 0 aliphatic carbocycles. The molecule has 9 heteroatoms. The second-order valence-corrected chi connectivity index (χ2v) is 4.35. The molecule has 0 spiro atoms. The van der Waals surface area contributed by atoms with Gasteiger partial charge < -0.3 is 5.73 Å². The molecule has 1 aromatic heterocycles. The number of rotatable bonds is 1. The molecule has 0 fully saturated rings. The number of nitrogens with two attached hydrogens (primary N) is 1. The molecule has 0 amide bonds. The first-order valence-electron chi connectivity index (χ1n) is 5.61. The summed E-state index contributed by atoms with van der Waals surface area (Å²) in [5.41, 5.74) is 3.12. The predicted molar refractivity (Wildman–Crippen MR) is 62.7 cm³/mol. The average molecular weight is 309 g/mol. The van der Waals surface area contributed by atoms with Gasteiger partial charge in [0.1, 0.15) is 0 Å². The first-order valence-corrected chi connectivity index (χ1v) is 5.61. The fourth-order valence-corrected chi connectivity index (χ4v) is 1.78. The monoisotopic (exact) mass is 309 g/mol. The molecular weight excluding hydrogens is 300 g/mol. The van der Waals surface area contributed by atoms with Crippen LogP contribution in [0.3, 0.4) is 0 Å². The maximum Gasteiger partial charge on any atom is 0.435 e. The number of aromatic nitrogens is 2. The highest BCUT2D eigenvalue weighted by molar-refractivity contribution is 5.59. The molecule has 2 rings (SSSR count). The lowest BCUT2D eigenvalue weighted by molar-refractivity contribution is -0.141. The molecule has 1 aromatic carbocycles. The largest absolute Gasteiger partial charge is 0.435 e. The van der Waals surface area contributed by atoms with E-state index in [0.717, 1.165) is 22.9 Å². The van der Waals surface area contributed by atoms with Crippen molar-refractivity contribution < 1.29 is 26.3 Å². The lowest BCUT2D eigenvalue weighted by atomic mass is 10.1. The molecule has 21 heavy (non-hydrogen) atoms. The van der Waals surface area contributed by atoms with E-state index in [-0.39, 0.29) is 17.1 Å². The molecule has 2 aromatic rings. The van der Waals surface area contributed by atoms with Crippen LogP contribution in [-0.4, -0.2) is 9.78 Å². The van der Waals surface area contributed by atoms with Crippen molar-refractivity contribution in [3.05, 3.63) is 41.2 Å². The quantitative estimate of drug-likeness (QED) is 0.643. The van der Waals surface area contributed by atoms with Gasteiger partial charge >= 0.3 is 12.4 Å². The van der Waals surface area contributed by atoms with Crippen molar-refractivity contribution in [2.24, 2.45) is 0 Å². The Balaban J connectivity index is 2.51. The summed E-state index contributed by atoms with van der Waals surface area (Å²) in [4.78, 5) is 0. The zero-order valence-corrected chi connectivity index (χ0v) is 10.5. The molecule has 0 bridgehead atoms. The molecule has 0 radical (unpaired) electrons. The van der Waals surface area contributed by atoms with Crippen LogP contribution in [0.25, 0.3) is 5.69 Å². The highest BCUT2D eigenvalue weighted by Crippen LogP contribution is 2.34. The molecule has 0 aliphatic heterocycles. The van der Waals surface area contributed by atoms with Crippen molar-refractivity contribution >= 4 is 5.69 Å². The molecule has 0 unspecified atom stereocenters. The van der Waals surface area contributed by atoms with Gasteiger partial charge in [0.2, 0.25) is 0 Å². The standard InChI is InChI=1S/C12H9F6N3/c1-6-4-10(12(16,17)18)20-21(6)9-3-2-7(5-8(9)19)11(13,14)15/h2-5H,19H2,1H3. The number of alkyl halides is 6. The van der Waals surface area contributed by atoms with Gasteiger partial charge in [-0.05, 0) is 31.2 Å². The normalized spacial score (nSPS) is 12.7. The number of hydrogen-bond donors (Lipinski definition) is 1. The van der Waals surface area contributed by atoms with Crippen LogP contribution in [0.5, 0.6) is 0 Å². The number of nitrogen functional groups attached to an aromatic ring is 1. The summed E-state index contributed by atoms with van der Waals surface area (Å²) in [7, 11) is 0. The Labute approximate surface area is 115 Å². The number of aryl methyl sites for hydroxylation is 1. The molecular formula is C12H9F6N3. The van der Waals surface area contributed by atoms with E-state index in [9.17, 15) is 26.3 Å². The van der Waals surface area contributed by atoms with E-state index in [1.54, 1.807) is 0 Å². The summed E-state index contributed by atoms with van der Waals surface area (Å²) in [6.45, 7) is 1.35. The lowest BCUT2D eigenvalue weighted by Gasteiger charge is -2.12. The van der Waals surface area contributed by atoms with Gasteiger partial charge in [-0.25, -0.2) is 4.68 Å². The third-order valence-corrected chi connectivity index (χ3v) is 2.76. The predicted octanol–water partition coefficient (Wildman–Crippen LogP) is 3.80. The summed E-state index contributed by atoms with van der Waals surface area (Å²) in [6, 6.07) is 3.17. The van der Waals surface area contributed by atoms with E-state index >= 15 is 0 Å². The minimum absolute atomic E-state index is 0.0454. The van der Waals surface area contributed by atoms with Gasteiger partial charge in [0.25, 0.3) is 0 Å². The zero-order chi connectivity index (χ0) is 16.0. The lowest BCUT2D eigenvalue weighted by Crippen LogP contribution is -2.10. The third-order valence-electron chi connectivity index (χ3n) is 2.76. The van der Waals surface area contributed by atoms with Gasteiger partial charge in [-0.3, -0.25) is 0 Å². The Bertz CT molecular complexity index is 669. The summed E-state index contributed by atoms with van der Waals surface area (Å²) in [5.74, 6) is 0.